The number of nitrogens with zero attached hydrogens (tertiary/aromatic N) is 2. The SMILES string of the molecule is CCCc1ccc(S(=O)(=O)NCCc2n[nH]c(Cc3cccc(F)c3)n2)cc1. The second kappa shape index (κ2) is 9.07. The van der Waals surface area contributed by atoms with E-state index in [4.69, 9.17) is 0 Å². The molecule has 0 aliphatic heterocycles. The first-order valence-corrected chi connectivity index (χ1v) is 10.7. The Morgan fingerprint density at radius 2 is 1.86 bits per heavy atom. The van der Waals surface area contributed by atoms with Crippen molar-refractivity contribution < 1.29 is 12.8 Å². The van der Waals surface area contributed by atoms with Crippen LogP contribution in [0.1, 0.15) is 36.1 Å². The Hall–Kier alpha value is -2.58. The lowest BCUT2D eigenvalue weighted by molar-refractivity contribution is 0.581. The number of halogens is 1. The number of hydrogen-bond donors (Lipinski definition) is 2. The van der Waals surface area contributed by atoms with Gasteiger partial charge in [-0.25, -0.2) is 22.5 Å². The van der Waals surface area contributed by atoms with E-state index in [1.807, 2.05) is 18.2 Å². The summed E-state index contributed by atoms with van der Waals surface area (Å²) in [7, 11) is -3.57. The molecule has 28 heavy (non-hydrogen) atoms. The van der Waals surface area contributed by atoms with Crippen molar-refractivity contribution in [3.63, 3.8) is 0 Å². The van der Waals surface area contributed by atoms with Gasteiger partial charge >= 0.3 is 0 Å². The molecule has 0 saturated heterocycles. The third-order valence-electron chi connectivity index (χ3n) is 4.25. The van der Waals surface area contributed by atoms with Gasteiger partial charge in [-0.05, 0) is 41.8 Å². The summed E-state index contributed by atoms with van der Waals surface area (Å²) in [5.41, 5.74) is 1.91. The summed E-state index contributed by atoms with van der Waals surface area (Å²) in [6.45, 7) is 2.27. The Balaban J connectivity index is 1.53. The molecule has 0 unspecified atom stereocenters. The van der Waals surface area contributed by atoms with Gasteiger partial charge in [0.15, 0.2) is 5.82 Å². The molecule has 148 valence electrons. The highest BCUT2D eigenvalue weighted by atomic mass is 32.2. The van der Waals surface area contributed by atoms with Crippen LogP contribution < -0.4 is 4.72 Å². The van der Waals surface area contributed by atoms with Crippen LogP contribution in [-0.4, -0.2) is 30.1 Å². The molecule has 2 aromatic carbocycles. The van der Waals surface area contributed by atoms with Gasteiger partial charge in [0.25, 0.3) is 0 Å². The van der Waals surface area contributed by atoms with Crippen LogP contribution in [0.15, 0.2) is 53.4 Å². The molecule has 2 N–H and O–H groups in total. The van der Waals surface area contributed by atoms with Gasteiger partial charge in [-0.1, -0.05) is 37.6 Å². The van der Waals surface area contributed by atoms with Gasteiger partial charge in [0.05, 0.1) is 4.90 Å². The second-order valence-electron chi connectivity index (χ2n) is 6.55. The summed E-state index contributed by atoms with van der Waals surface area (Å²) in [6.07, 6.45) is 2.73. The number of aromatic amines is 1. The van der Waals surface area contributed by atoms with E-state index in [1.54, 1.807) is 18.2 Å². The van der Waals surface area contributed by atoms with Crippen LogP contribution in [0.2, 0.25) is 0 Å². The van der Waals surface area contributed by atoms with Crippen LogP contribution in [0.4, 0.5) is 4.39 Å². The molecule has 1 aromatic heterocycles. The van der Waals surface area contributed by atoms with Gasteiger partial charge in [0, 0.05) is 19.4 Å². The van der Waals surface area contributed by atoms with Crippen molar-refractivity contribution in [1.29, 1.82) is 0 Å². The number of H-pyrrole nitrogens is 1. The molecule has 3 aromatic rings. The quantitative estimate of drug-likeness (QED) is 0.576. The molecule has 0 amide bonds. The van der Waals surface area contributed by atoms with Crippen LogP contribution in [0.5, 0.6) is 0 Å². The van der Waals surface area contributed by atoms with Crippen LogP contribution >= 0.6 is 0 Å². The summed E-state index contributed by atoms with van der Waals surface area (Å²) in [5, 5.41) is 6.90. The first-order valence-electron chi connectivity index (χ1n) is 9.19. The zero-order valence-corrected chi connectivity index (χ0v) is 16.5. The minimum absolute atomic E-state index is 0.191. The molecule has 6 nitrogen and oxygen atoms in total. The number of hydrogen-bond acceptors (Lipinski definition) is 4. The molecule has 0 atom stereocenters. The van der Waals surface area contributed by atoms with Gasteiger partial charge in [0.1, 0.15) is 11.6 Å². The minimum atomic E-state index is -3.57. The summed E-state index contributed by atoms with van der Waals surface area (Å²) in [6, 6.07) is 13.2. The molecule has 0 aliphatic rings. The number of benzene rings is 2. The number of rotatable bonds is 9. The number of nitrogens with one attached hydrogen (secondary N) is 2. The molecule has 0 saturated carbocycles. The van der Waals surface area contributed by atoms with E-state index in [9.17, 15) is 12.8 Å². The van der Waals surface area contributed by atoms with Crippen molar-refractivity contribution in [1.82, 2.24) is 19.9 Å². The van der Waals surface area contributed by atoms with Crippen LogP contribution in [-0.2, 0) is 29.3 Å². The van der Waals surface area contributed by atoms with Crippen LogP contribution in [0.3, 0.4) is 0 Å². The Kier molecular flexibility index (Phi) is 6.53. The summed E-state index contributed by atoms with van der Waals surface area (Å²) >= 11 is 0. The highest BCUT2D eigenvalue weighted by Crippen LogP contribution is 2.12. The average molecular weight is 402 g/mol. The van der Waals surface area contributed by atoms with Gasteiger partial charge < -0.3 is 0 Å². The van der Waals surface area contributed by atoms with Gasteiger partial charge in [-0.3, -0.25) is 5.10 Å². The monoisotopic (exact) mass is 402 g/mol. The number of aryl methyl sites for hydroxylation is 1. The number of sulfonamides is 1. The van der Waals surface area contributed by atoms with Gasteiger partial charge in [0.2, 0.25) is 10.0 Å². The molecule has 0 fully saturated rings. The maximum atomic E-state index is 13.2. The Morgan fingerprint density at radius 3 is 2.57 bits per heavy atom. The summed E-state index contributed by atoms with van der Waals surface area (Å²) < 4.78 is 40.6. The first kappa shape index (κ1) is 20.2. The zero-order chi connectivity index (χ0) is 20.0. The Morgan fingerprint density at radius 1 is 1.07 bits per heavy atom. The fourth-order valence-electron chi connectivity index (χ4n) is 2.87. The summed E-state index contributed by atoms with van der Waals surface area (Å²) in [5.74, 6) is 0.816. The minimum Gasteiger partial charge on any atom is -0.263 e. The Labute approximate surface area is 164 Å². The van der Waals surface area contributed by atoms with Gasteiger partial charge in [-0.2, -0.15) is 5.10 Å². The predicted octanol–water partition coefficient (Wildman–Crippen LogP) is 3.01. The maximum absolute atomic E-state index is 13.2. The van der Waals surface area contributed by atoms with E-state index in [2.05, 4.69) is 26.8 Å². The normalized spacial score (nSPS) is 11.6. The van der Waals surface area contributed by atoms with Crippen molar-refractivity contribution in [3.8, 4) is 0 Å². The van der Waals surface area contributed by atoms with E-state index in [-0.39, 0.29) is 17.3 Å². The highest BCUT2D eigenvalue weighted by molar-refractivity contribution is 7.89. The average Bonchev–Trinajstić information content (AvgIpc) is 3.09. The third kappa shape index (κ3) is 5.46. The highest BCUT2D eigenvalue weighted by Gasteiger charge is 2.14. The maximum Gasteiger partial charge on any atom is 0.240 e. The van der Waals surface area contributed by atoms with Gasteiger partial charge in [-0.15, -0.1) is 0 Å². The van der Waals surface area contributed by atoms with E-state index >= 15 is 0 Å². The molecule has 0 spiro atoms. The second-order valence-corrected chi connectivity index (χ2v) is 8.31. The zero-order valence-electron chi connectivity index (χ0n) is 15.7. The molecule has 8 heteroatoms. The smallest absolute Gasteiger partial charge is 0.240 e. The van der Waals surface area contributed by atoms with Crippen molar-refractivity contribution in [2.45, 2.75) is 37.5 Å². The standard InChI is InChI=1S/C20H23FN4O2S/c1-2-4-15-7-9-18(10-8-15)28(26,27)22-12-11-19-23-20(25-24-19)14-16-5-3-6-17(21)13-16/h3,5-10,13,22H,2,4,11-12,14H2,1H3,(H,23,24,25). The molecular formula is C20H23FN4O2S. The van der Waals surface area contributed by atoms with E-state index in [1.165, 1.54) is 12.1 Å². The fraction of sp³-hybridized carbons (Fsp3) is 0.300. The molecular weight excluding hydrogens is 379 g/mol. The van der Waals surface area contributed by atoms with Crippen molar-refractivity contribution in [3.05, 3.63) is 77.1 Å². The first-order chi connectivity index (χ1) is 13.5. The molecule has 1 heterocycles. The molecule has 3 rings (SSSR count). The largest absolute Gasteiger partial charge is 0.263 e. The van der Waals surface area contributed by atoms with Crippen molar-refractivity contribution in [2.24, 2.45) is 0 Å². The third-order valence-corrected chi connectivity index (χ3v) is 5.73. The van der Waals surface area contributed by atoms with E-state index < -0.39 is 10.0 Å². The topological polar surface area (TPSA) is 87.7 Å². The molecule has 0 bridgehead atoms. The van der Waals surface area contributed by atoms with Crippen molar-refractivity contribution >= 4 is 10.0 Å². The molecule has 0 radical (unpaired) electrons. The molecule has 0 aliphatic carbocycles. The van der Waals surface area contributed by atoms with Crippen LogP contribution in [0.25, 0.3) is 0 Å². The predicted molar refractivity (Wildman–Crippen MR) is 105 cm³/mol. The lowest BCUT2D eigenvalue weighted by atomic mass is 10.1. The lowest BCUT2D eigenvalue weighted by Gasteiger charge is -2.06. The number of aromatic nitrogens is 3. The fourth-order valence-corrected chi connectivity index (χ4v) is 3.90. The van der Waals surface area contributed by atoms with Crippen molar-refractivity contribution in [2.75, 3.05) is 6.54 Å². The Bertz CT molecular complexity index is 1020. The van der Waals surface area contributed by atoms with Crippen LogP contribution in [0, 0.1) is 5.82 Å². The van der Waals surface area contributed by atoms with E-state index in [0.29, 0.717) is 24.5 Å². The van der Waals surface area contributed by atoms with E-state index in [0.717, 1.165) is 24.0 Å². The lowest BCUT2D eigenvalue weighted by Crippen LogP contribution is -2.26. The summed E-state index contributed by atoms with van der Waals surface area (Å²) in [4.78, 5) is 4.58.